The number of hydrogen-bond acceptors (Lipinski definition) is 3. The number of amides is 1. The van der Waals surface area contributed by atoms with Gasteiger partial charge in [-0.25, -0.2) is 4.79 Å². The molecule has 2 atom stereocenters. The van der Waals surface area contributed by atoms with E-state index >= 15 is 0 Å². The van der Waals surface area contributed by atoms with Gasteiger partial charge in [0, 0.05) is 18.9 Å². The van der Waals surface area contributed by atoms with Crippen molar-refractivity contribution in [3.63, 3.8) is 0 Å². The molecule has 1 amide bonds. The minimum absolute atomic E-state index is 0.112. The van der Waals surface area contributed by atoms with Gasteiger partial charge < -0.3 is 14.7 Å². The Morgan fingerprint density at radius 1 is 1.35 bits per heavy atom. The van der Waals surface area contributed by atoms with E-state index in [4.69, 9.17) is 4.74 Å². The Kier molecular flexibility index (Phi) is 3.12. The molecule has 5 heteroatoms. The second kappa shape index (κ2) is 4.29. The summed E-state index contributed by atoms with van der Waals surface area (Å²) in [5.41, 5.74) is -1.07. The summed E-state index contributed by atoms with van der Waals surface area (Å²) in [6.45, 7) is 3.73. The van der Waals surface area contributed by atoms with Crippen molar-refractivity contribution in [2.45, 2.75) is 63.3 Å². The molecule has 5 nitrogen and oxygen atoms in total. The molecule has 1 N–H and O–H groups in total. The molecule has 2 unspecified atom stereocenters. The first kappa shape index (κ1) is 12.4. The fourth-order valence-corrected chi connectivity index (χ4v) is 2.91. The van der Waals surface area contributed by atoms with Crippen molar-refractivity contribution in [2.24, 2.45) is 0 Å². The zero-order chi connectivity index (χ0) is 12.6. The quantitative estimate of drug-likeness (QED) is 0.746. The lowest BCUT2D eigenvalue weighted by Gasteiger charge is -2.45. The average molecular weight is 241 g/mol. The predicted octanol–water partition coefficient (Wildman–Crippen LogP) is 1.02. The molecule has 0 radical (unpaired) electrons. The zero-order valence-corrected chi connectivity index (χ0v) is 10.3. The highest BCUT2D eigenvalue weighted by Crippen LogP contribution is 2.40. The maximum atomic E-state index is 11.6. The summed E-state index contributed by atoms with van der Waals surface area (Å²) in [7, 11) is 0. The third-order valence-corrected chi connectivity index (χ3v) is 3.66. The molecule has 1 aliphatic carbocycles. The van der Waals surface area contributed by atoms with Gasteiger partial charge in [0.15, 0.2) is 0 Å². The molecule has 0 bridgehead atoms. The Morgan fingerprint density at radius 2 is 1.88 bits per heavy atom. The zero-order valence-electron chi connectivity index (χ0n) is 10.3. The van der Waals surface area contributed by atoms with Crippen molar-refractivity contribution in [2.75, 3.05) is 0 Å². The first-order valence-electron chi connectivity index (χ1n) is 6.12. The first-order valence-corrected chi connectivity index (χ1v) is 6.12. The second-order valence-corrected chi connectivity index (χ2v) is 5.25. The highest BCUT2D eigenvalue weighted by Gasteiger charge is 2.53. The van der Waals surface area contributed by atoms with Gasteiger partial charge in [0.1, 0.15) is 5.54 Å². The molecule has 2 fully saturated rings. The molecular weight excluding hydrogens is 222 g/mol. The third kappa shape index (κ3) is 2.16. The molecule has 1 heterocycles. The number of carbonyl (C=O) groups is 2. The molecule has 0 spiro atoms. The average Bonchev–Trinajstić information content (AvgIpc) is 3.01. The lowest BCUT2D eigenvalue weighted by atomic mass is 9.82. The van der Waals surface area contributed by atoms with Gasteiger partial charge in [0.05, 0.1) is 12.2 Å². The van der Waals surface area contributed by atoms with E-state index in [1.165, 1.54) is 4.90 Å². The molecule has 0 aromatic heterocycles. The lowest BCUT2D eigenvalue weighted by Crippen LogP contribution is -2.60. The Morgan fingerprint density at radius 3 is 2.24 bits per heavy atom. The van der Waals surface area contributed by atoms with E-state index in [1.54, 1.807) is 0 Å². The highest BCUT2D eigenvalue weighted by atomic mass is 16.5. The Labute approximate surface area is 101 Å². The number of rotatable bonds is 4. The SMILES string of the molecule is CC1CC(C(=O)O)(N(C=O)C2CC2)CC(C)O1. The van der Waals surface area contributed by atoms with Crippen LogP contribution < -0.4 is 0 Å². The van der Waals surface area contributed by atoms with Gasteiger partial charge in [-0.2, -0.15) is 0 Å². The van der Waals surface area contributed by atoms with Crippen LogP contribution in [0.1, 0.15) is 39.5 Å². The normalized spacial score (nSPS) is 37.5. The van der Waals surface area contributed by atoms with E-state index in [0.717, 1.165) is 12.8 Å². The summed E-state index contributed by atoms with van der Waals surface area (Å²) in [5.74, 6) is -0.904. The minimum atomic E-state index is -1.07. The van der Waals surface area contributed by atoms with Crippen molar-refractivity contribution < 1.29 is 19.4 Å². The van der Waals surface area contributed by atoms with E-state index in [0.29, 0.717) is 19.3 Å². The summed E-state index contributed by atoms with van der Waals surface area (Å²) in [6.07, 6.45) is 3.03. The highest BCUT2D eigenvalue weighted by molar-refractivity contribution is 5.82. The summed E-state index contributed by atoms with van der Waals surface area (Å²) >= 11 is 0. The summed E-state index contributed by atoms with van der Waals surface area (Å²) in [4.78, 5) is 24.4. The van der Waals surface area contributed by atoms with Crippen LogP contribution in [0.25, 0.3) is 0 Å². The molecule has 17 heavy (non-hydrogen) atoms. The molecule has 2 aliphatic rings. The number of nitrogens with zero attached hydrogens (tertiary/aromatic N) is 1. The van der Waals surface area contributed by atoms with Crippen molar-refractivity contribution in [3.8, 4) is 0 Å². The van der Waals surface area contributed by atoms with Crippen LogP contribution in [0.4, 0.5) is 0 Å². The van der Waals surface area contributed by atoms with Gasteiger partial charge in [-0.15, -0.1) is 0 Å². The topological polar surface area (TPSA) is 66.8 Å². The van der Waals surface area contributed by atoms with Crippen LogP contribution in [0.5, 0.6) is 0 Å². The van der Waals surface area contributed by atoms with Crippen LogP contribution >= 0.6 is 0 Å². The van der Waals surface area contributed by atoms with Crippen molar-refractivity contribution >= 4 is 12.4 Å². The van der Waals surface area contributed by atoms with Gasteiger partial charge in [-0.1, -0.05) is 0 Å². The van der Waals surface area contributed by atoms with Gasteiger partial charge >= 0.3 is 5.97 Å². The molecule has 1 saturated carbocycles. The first-order chi connectivity index (χ1) is 7.99. The van der Waals surface area contributed by atoms with E-state index in [2.05, 4.69) is 0 Å². The van der Waals surface area contributed by atoms with Crippen LogP contribution in [0.3, 0.4) is 0 Å². The number of hydrogen-bond donors (Lipinski definition) is 1. The van der Waals surface area contributed by atoms with Crippen LogP contribution in [-0.4, -0.2) is 46.2 Å². The molecule has 0 aromatic rings. The van der Waals surface area contributed by atoms with Crippen molar-refractivity contribution in [3.05, 3.63) is 0 Å². The summed E-state index contributed by atoms with van der Waals surface area (Å²) in [5, 5.41) is 9.55. The second-order valence-electron chi connectivity index (χ2n) is 5.25. The molecule has 2 rings (SSSR count). The third-order valence-electron chi connectivity index (χ3n) is 3.66. The Hall–Kier alpha value is -1.10. The van der Waals surface area contributed by atoms with Gasteiger partial charge in [-0.05, 0) is 26.7 Å². The maximum Gasteiger partial charge on any atom is 0.329 e. The predicted molar refractivity (Wildman–Crippen MR) is 60.5 cm³/mol. The summed E-state index contributed by atoms with van der Waals surface area (Å²) < 4.78 is 5.58. The fourth-order valence-electron chi connectivity index (χ4n) is 2.91. The Balaban J connectivity index is 2.29. The number of carboxylic acid groups (broad SMARTS) is 1. The largest absolute Gasteiger partial charge is 0.479 e. The van der Waals surface area contributed by atoms with E-state index < -0.39 is 11.5 Å². The molecule has 0 aromatic carbocycles. The van der Waals surface area contributed by atoms with Crippen LogP contribution in [-0.2, 0) is 14.3 Å². The molecule has 1 aliphatic heterocycles. The van der Waals surface area contributed by atoms with Crippen molar-refractivity contribution in [1.82, 2.24) is 4.90 Å². The smallest absolute Gasteiger partial charge is 0.329 e. The van der Waals surface area contributed by atoms with Gasteiger partial charge in [0.25, 0.3) is 0 Å². The van der Waals surface area contributed by atoms with E-state index in [1.807, 2.05) is 13.8 Å². The monoisotopic (exact) mass is 241 g/mol. The van der Waals surface area contributed by atoms with E-state index in [-0.39, 0.29) is 18.2 Å². The minimum Gasteiger partial charge on any atom is -0.479 e. The Bertz CT molecular complexity index is 316. The molecular formula is C12H19NO4. The maximum absolute atomic E-state index is 11.6. The van der Waals surface area contributed by atoms with Gasteiger partial charge in [-0.3, -0.25) is 4.79 Å². The van der Waals surface area contributed by atoms with Gasteiger partial charge in [0.2, 0.25) is 6.41 Å². The standard InChI is InChI=1S/C12H19NO4/c1-8-5-12(11(15)16,6-9(2)17-8)13(7-14)10-3-4-10/h7-10H,3-6H2,1-2H3,(H,15,16). The molecule has 1 saturated heterocycles. The van der Waals surface area contributed by atoms with E-state index in [9.17, 15) is 14.7 Å². The van der Waals surface area contributed by atoms with Crippen LogP contribution in [0.15, 0.2) is 0 Å². The number of ether oxygens (including phenoxy) is 1. The number of aliphatic carboxylic acids is 1. The van der Waals surface area contributed by atoms with Crippen molar-refractivity contribution in [1.29, 1.82) is 0 Å². The molecule has 96 valence electrons. The van der Waals surface area contributed by atoms with Crippen LogP contribution in [0.2, 0.25) is 0 Å². The lowest BCUT2D eigenvalue weighted by molar-refractivity contribution is -0.172. The summed E-state index contributed by atoms with van der Waals surface area (Å²) in [6, 6.07) is 0.112. The fraction of sp³-hybridized carbons (Fsp3) is 0.833. The number of carbonyl (C=O) groups excluding carboxylic acids is 1. The van der Waals surface area contributed by atoms with Crippen LogP contribution in [0, 0.1) is 0 Å². The number of carboxylic acids is 1.